The number of imidazole rings is 1. The number of ether oxygens (including phenoxy) is 2. The van der Waals surface area contributed by atoms with Gasteiger partial charge in [-0.1, -0.05) is 11.8 Å². The quantitative estimate of drug-likeness (QED) is 0.627. The summed E-state index contributed by atoms with van der Waals surface area (Å²) in [5.74, 6) is 1.02. The van der Waals surface area contributed by atoms with Crippen LogP contribution < -0.4 is 20.3 Å². The first kappa shape index (κ1) is 17.8. The average Bonchev–Trinajstić information content (AvgIpc) is 2.98. The van der Waals surface area contributed by atoms with E-state index in [-0.39, 0.29) is 22.7 Å². The molecule has 0 saturated carbocycles. The number of nitrogens with zero attached hydrogens (tertiary/aromatic N) is 3. The molecule has 1 amide bonds. The van der Waals surface area contributed by atoms with Crippen molar-refractivity contribution in [3.8, 4) is 11.5 Å². The van der Waals surface area contributed by atoms with Gasteiger partial charge in [0.2, 0.25) is 5.91 Å². The highest BCUT2D eigenvalue weighted by Crippen LogP contribution is 2.29. The second kappa shape index (κ2) is 7.48. The van der Waals surface area contributed by atoms with Crippen LogP contribution in [0.3, 0.4) is 0 Å². The van der Waals surface area contributed by atoms with Gasteiger partial charge in [0, 0.05) is 13.1 Å². The Bertz CT molecular complexity index is 1010. The van der Waals surface area contributed by atoms with E-state index in [1.807, 2.05) is 0 Å². The second-order valence-electron chi connectivity index (χ2n) is 5.26. The highest BCUT2D eigenvalue weighted by Gasteiger charge is 2.14. The Labute approximate surface area is 152 Å². The number of nitrogens with one attached hydrogen (secondary N) is 2. The lowest BCUT2D eigenvalue weighted by Crippen LogP contribution is -2.15. The molecule has 0 unspecified atom stereocenters. The maximum Gasteiger partial charge on any atom is 0.278 e. The summed E-state index contributed by atoms with van der Waals surface area (Å²) < 4.78 is 12.1. The standard InChI is InChI=1S/C16H17N5O4S/c1-21-14-13(15(23)18-8-17-14)20-16(21)26-7-12(22)19-10-5-4-9(24-2)6-11(10)25-3/h4-6,8H,7H2,1-3H3,(H,19,22)(H,17,18,23). The van der Waals surface area contributed by atoms with Crippen LogP contribution in [0.2, 0.25) is 0 Å². The minimum absolute atomic E-state index is 0.115. The molecule has 0 radical (unpaired) electrons. The number of hydrogen-bond donors (Lipinski definition) is 2. The number of hydrogen-bond acceptors (Lipinski definition) is 7. The van der Waals surface area contributed by atoms with Crippen LogP contribution in [0.1, 0.15) is 0 Å². The summed E-state index contributed by atoms with van der Waals surface area (Å²) in [7, 11) is 4.82. The molecule has 0 aliphatic heterocycles. The number of methoxy groups -OCH3 is 2. The van der Waals surface area contributed by atoms with E-state index < -0.39 is 0 Å². The van der Waals surface area contributed by atoms with Gasteiger partial charge in [-0.25, -0.2) is 9.97 Å². The first-order chi connectivity index (χ1) is 12.5. The van der Waals surface area contributed by atoms with Crippen LogP contribution in [0.25, 0.3) is 11.2 Å². The van der Waals surface area contributed by atoms with Crippen LogP contribution in [0.4, 0.5) is 5.69 Å². The van der Waals surface area contributed by atoms with Gasteiger partial charge < -0.3 is 24.3 Å². The zero-order valence-corrected chi connectivity index (χ0v) is 15.2. The molecular weight excluding hydrogens is 358 g/mol. The molecule has 2 aromatic heterocycles. The topological polar surface area (TPSA) is 111 Å². The molecule has 0 bridgehead atoms. The summed E-state index contributed by atoms with van der Waals surface area (Å²) >= 11 is 1.21. The van der Waals surface area contributed by atoms with Crippen LogP contribution in [0.15, 0.2) is 34.5 Å². The lowest BCUT2D eigenvalue weighted by atomic mass is 10.2. The molecule has 9 nitrogen and oxygen atoms in total. The Balaban J connectivity index is 1.71. The lowest BCUT2D eigenvalue weighted by Gasteiger charge is -2.11. The molecule has 3 rings (SSSR count). The molecule has 0 spiro atoms. The highest BCUT2D eigenvalue weighted by atomic mass is 32.2. The van der Waals surface area contributed by atoms with E-state index in [1.165, 1.54) is 25.2 Å². The second-order valence-corrected chi connectivity index (χ2v) is 6.20. The summed E-state index contributed by atoms with van der Waals surface area (Å²) in [4.78, 5) is 34.8. The smallest absolute Gasteiger partial charge is 0.278 e. The van der Waals surface area contributed by atoms with Crippen LogP contribution in [-0.2, 0) is 11.8 Å². The van der Waals surface area contributed by atoms with E-state index in [0.717, 1.165) is 0 Å². The molecule has 10 heteroatoms. The predicted molar refractivity (Wildman–Crippen MR) is 98.0 cm³/mol. The lowest BCUT2D eigenvalue weighted by molar-refractivity contribution is -0.113. The van der Waals surface area contributed by atoms with E-state index in [0.29, 0.717) is 28.0 Å². The van der Waals surface area contributed by atoms with E-state index in [2.05, 4.69) is 20.3 Å². The first-order valence-corrected chi connectivity index (χ1v) is 8.57. The maximum absolute atomic E-state index is 12.3. The highest BCUT2D eigenvalue weighted by molar-refractivity contribution is 7.99. The first-order valence-electron chi connectivity index (χ1n) is 7.58. The summed E-state index contributed by atoms with van der Waals surface area (Å²) in [5, 5.41) is 3.32. The zero-order chi connectivity index (χ0) is 18.7. The summed E-state index contributed by atoms with van der Waals surface area (Å²) in [6.07, 6.45) is 1.32. The number of anilines is 1. The molecule has 3 aromatic rings. The fraction of sp³-hybridized carbons (Fsp3) is 0.250. The van der Waals surface area contributed by atoms with Gasteiger partial charge in [0.15, 0.2) is 16.3 Å². The number of fused-ring (bicyclic) bond motifs is 1. The summed E-state index contributed by atoms with van der Waals surface area (Å²) in [6, 6.07) is 5.12. The van der Waals surface area contributed by atoms with E-state index >= 15 is 0 Å². The number of H-pyrrole nitrogens is 1. The molecule has 1 aromatic carbocycles. The van der Waals surface area contributed by atoms with Crippen LogP contribution in [0, 0.1) is 0 Å². The molecule has 0 atom stereocenters. The van der Waals surface area contributed by atoms with E-state index in [4.69, 9.17) is 9.47 Å². The van der Waals surface area contributed by atoms with Crippen LogP contribution >= 0.6 is 11.8 Å². The molecule has 0 aliphatic carbocycles. The Morgan fingerprint density at radius 1 is 1.35 bits per heavy atom. The monoisotopic (exact) mass is 375 g/mol. The van der Waals surface area contributed by atoms with Crippen molar-refractivity contribution in [2.24, 2.45) is 7.05 Å². The van der Waals surface area contributed by atoms with Gasteiger partial charge in [-0.15, -0.1) is 0 Å². The number of carbonyl (C=O) groups is 1. The largest absolute Gasteiger partial charge is 0.497 e. The Kier molecular flexibility index (Phi) is 5.12. The predicted octanol–water partition coefficient (Wildman–Crippen LogP) is 1.40. The molecule has 26 heavy (non-hydrogen) atoms. The van der Waals surface area contributed by atoms with E-state index in [9.17, 15) is 9.59 Å². The van der Waals surface area contributed by atoms with Crippen molar-refractivity contribution in [2.75, 3.05) is 25.3 Å². The third-order valence-electron chi connectivity index (χ3n) is 3.64. The fourth-order valence-electron chi connectivity index (χ4n) is 2.34. The maximum atomic E-state index is 12.3. The zero-order valence-electron chi connectivity index (χ0n) is 14.4. The molecule has 0 fully saturated rings. The SMILES string of the molecule is COc1ccc(NC(=O)CSc2nc3c(=O)[nH]cnc3n2C)c(OC)c1. The summed E-state index contributed by atoms with van der Waals surface area (Å²) in [6.45, 7) is 0. The van der Waals surface area contributed by atoms with Crippen molar-refractivity contribution < 1.29 is 14.3 Å². The number of amides is 1. The molecular formula is C16H17N5O4S. The molecule has 2 N–H and O–H groups in total. The molecule has 0 saturated heterocycles. The number of thioether (sulfide) groups is 1. The van der Waals surface area contributed by atoms with Crippen molar-refractivity contribution in [2.45, 2.75) is 5.16 Å². The van der Waals surface area contributed by atoms with Crippen molar-refractivity contribution >= 4 is 34.5 Å². The van der Waals surface area contributed by atoms with E-state index in [1.54, 1.807) is 36.9 Å². The number of benzene rings is 1. The number of aryl methyl sites for hydroxylation is 1. The van der Waals surface area contributed by atoms with Gasteiger partial charge in [-0.05, 0) is 12.1 Å². The van der Waals surface area contributed by atoms with Crippen molar-refractivity contribution in [1.82, 2.24) is 19.5 Å². The normalized spacial score (nSPS) is 10.7. The molecule has 0 aliphatic rings. The Hall–Kier alpha value is -3.01. The number of rotatable bonds is 6. The minimum Gasteiger partial charge on any atom is -0.497 e. The van der Waals surface area contributed by atoms with Gasteiger partial charge in [-0.3, -0.25) is 9.59 Å². The number of carbonyl (C=O) groups excluding carboxylic acids is 1. The van der Waals surface area contributed by atoms with Crippen molar-refractivity contribution in [1.29, 1.82) is 0 Å². The molecule has 2 heterocycles. The third-order valence-corrected chi connectivity index (χ3v) is 4.67. The number of aromatic amines is 1. The Morgan fingerprint density at radius 3 is 2.85 bits per heavy atom. The summed E-state index contributed by atoms with van der Waals surface area (Å²) in [5.41, 5.74) is 0.940. The van der Waals surface area contributed by atoms with Gasteiger partial charge >= 0.3 is 0 Å². The molecule has 136 valence electrons. The van der Waals surface area contributed by atoms with Gasteiger partial charge in [-0.2, -0.15) is 0 Å². The van der Waals surface area contributed by atoms with Gasteiger partial charge in [0.1, 0.15) is 11.5 Å². The van der Waals surface area contributed by atoms with Gasteiger partial charge in [0.25, 0.3) is 5.56 Å². The van der Waals surface area contributed by atoms with Crippen LogP contribution in [-0.4, -0.2) is 45.4 Å². The van der Waals surface area contributed by atoms with Crippen molar-refractivity contribution in [3.63, 3.8) is 0 Å². The third kappa shape index (κ3) is 3.49. The van der Waals surface area contributed by atoms with Crippen molar-refractivity contribution in [3.05, 3.63) is 34.9 Å². The Morgan fingerprint density at radius 2 is 2.15 bits per heavy atom. The van der Waals surface area contributed by atoms with Crippen LogP contribution in [0.5, 0.6) is 11.5 Å². The fourth-order valence-corrected chi connectivity index (χ4v) is 3.11. The average molecular weight is 375 g/mol. The minimum atomic E-state index is -0.315. The number of aromatic nitrogens is 4. The van der Waals surface area contributed by atoms with Gasteiger partial charge in [0.05, 0.1) is 32.0 Å².